The third-order valence-corrected chi connectivity index (χ3v) is 2.87. The first-order valence-electron chi connectivity index (χ1n) is 5.30. The number of carbonyl (C=O) groups is 1. The summed E-state index contributed by atoms with van der Waals surface area (Å²) in [5.74, 6) is -0.127. The van der Waals surface area contributed by atoms with Gasteiger partial charge in [-0.2, -0.15) is 0 Å². The first kappa shape index (κ1) is 11.7. The van der Waals surface area contributed by atoms with Crippen LogP contribution in [0.1, 0.15) is 12.5 Å². The van der Waals surface area contributed by atoms with E-state index in [0.29, 0.717) is 5.02 Å². The average Bonchev–Trinajstić information content (AvgIpc) is 2.29. The molecule has 17 heavy (non-hydrogen) atoms. The van der Waals surface area contributed by atoms with Gasteiger partial charge in [0.2, 0.25) is 5.91 Å². The van der Waals surface area contributed by atoms with E-state index in [-0.39, 0.29) is 5.91 Å². The molecule has 1 unspecified atom stereocenters. The highest BCUT2D eigenvalue weighted by Gasteiger charge is 2.31. The Hall–Kier alpha value is -1.74. The maximum atomic E-state index is 11.3. The number of nitrogens with one attached hydrogen (secondary N) is 2. The molecule has 1 heterocycles. The predicted octanol–water partition coefficient (Wildman–Crippen LogP) is 2.30. The summed E-state index contributed by atoms with van der Waals surface area (Å²) in [6.45, 7) is 1.48. The molecular formula is C13H13ClN2O. The number of hydrogen-bond acceptors (Lipinski definition) is 2. The van der Waals surface area contributed by atoms with Crippen molar-refractivity contribution in [1.82, 2.24) is 10.6 Å². The number of dihydropyridines is 1. The normalized spacial score (nSPS) is 22.0. The predicted molar refractivity (Wildman–Crippen MR) is 68.4 cm³/mol. The standard InChI is InChI=1S/C13H13ClN2O/c1-10(17)16-13(8-4-5-9-15-13)11-6-2-3-7-12(11)14/h2-9,15H,1H3,(H,16,17). The number of hydrogen-bond donors (Lipinski definition) is 2. The zero-order valence-corrected chi connectivity index (χ0v) is 10.2. The Morgan fingerprint density at radius 1 is 1.35 bits per heavy atom. The fraction of sp³-hybridized carbons (Fsp3) is 0.154. The summed E-state index contributed by atoms with van der Waals surface area (Å²) in [6, 6.07) is 7.43. The first-order chi connectivity index (χ1) is 8.14. The molecule has 1 aromatic carbocycles. The van der Waals surface area contributed by atoms with E-state index in [0.717, 1.165) is 5.56 Å². The minimum Gasteiger partial charge on any atom is -0.362 e. The molecule has 1 amide bonds. The third kappa shape index (κ3) is 2.34. The number of carbonyl (C=O) groups excluding carboxylic acids is 1. The lowest BCUT2D eigenvalue weighted by atomic mass is 9.97. The summed E-state index contributed by atoms with van der Waals surface area (Å²) in [7, 11) is 0. The van der Waals surface area contributed by atoms with Gasteiger partial charge in [0.05, 0.1) is 0 Å². The Morgan fingerprint density at radius 3 is 2.71 bits per heavy atom. The summed E-state index contributed by atoms with van der Waals surface area (Å²) in [5.41, 5.74) is 0.0521. The smallest absolute Gasteiger partial charge is 0.219 e. The lowest BCUT2D eigenvalue weighted by Crippen LogP contribution is -2.53. The maximum Gasteiger partial charge on any atom is 0.219 e. The molecule has 1 atom stereocenters. The molecule has 4 heteroatoms. The molecule has 0 fully saturated rings. The monoisotopic (exact) mass is 248 g/mol. The van der Waals surface area contributed by atoms with Gasteiger partial charge in [0.1, 0.15) is 0 Å². The Kier molecular flexibility index (Phi) is 3.20. The highest BCUT2D eigenvalue weighted by Crippen LogP contribution is 2.28. The van der Waals surface area contributed by atoms with Crippen LogP contribution in [0.15, 0.2) is 48.7 Å². The van der Waals surface area contributed by atoms with E-state index in [4.69, 9.17) is 11.6 Å². The molecule has 1 aliphatic heterocycles. The lowest BCUT2D eigenvalue weighted by Gasteiger charge is -2.34. The van der Waals surface area contributed by atoms with E-state index in [9.17, 15) is 4.79 Å². The minimum atomic E-state index is -0.765. The average molecular weight is 249 g/mol. The highest BCUT2D eigenvalue weighted by atomic mass is 35.5. The number of amides is 1. The Labute approximate surface area is 105 Å². The zero-order valence-electron chi connectivity index (χ0n) is 9.41. The topological polar surface area (TPSA) is 41.1 Å². The summed E-state index contributed by atoms with van der Waals surface area (Å²) < 4.78 is 0. The van der Waals surface area contributed by atoms with E-state index in [1.807, 2.05) is 36.4 Å². The molecule has 0 saturated carbocycles. The molecule has 0 aliphatic carbocycles. The van der Waals surface area contributed by atoms with Gasteiger partial charge in [0, 0.05) is 17.5 Å². The van der Waals surface area contributed by atoms with Crippen LogP contribution in [0.4, 0.5) is 0 Å². The molecule has 1 aromatic rings. The lowest BCUT2D eigenvalue weighted by molar-refractivity contribution is -0.120. The van der Waals surface area contributed by atoms with Crippen LogP contribution < -0.4 is 10.6 Å². The van der Waals surface area contributed by atoms with Crippen LogP contribution in [-0.4, -0.2) is 5.91 Å². The second-order valence-corrected chi connectivity index (χ2v) is 4.24. The minimum absolute atomic E-state index is 0.127. The van der Waals surface area contributed by atoms with Gasteiger partial charge in [0.25, 0.3) is 0 Å². The third-order valence-electron chi connectivity index (χ3n) is 2.54. The van der Waals surface area contributed by atoms with E-state index in [2.05, 4.69) is 10.6 Å². The van der Waals surface area contributed by atoms with Crippen LogP contribution in [0.5, 0.6) is 0 Å². The molecule has 0 aromatic heterocycles. The van der Waals surface area contributed by atoms with Crippen molar-refractivity contribution in [3.8, 4) is 0 Å². The van der Waals surface area contributed by atoms with Gasteiger partial charge in [-0.05, 0) is 24.4 Å². The Morgan fingerprint density at radius 2 is 2.12 bits per heavy atom. The quantitative estimate of drug-likeness (QED) is 0.843. The molecule has 2 rings (SSSR count). The number of benzene rings is 1. The van der Waals surface area contributed by atoms with Crippen LogP contribution in [0.3, 0.4) is 0 Å². The summed E-state index contributed by atoms with van der Waals surface area (Å²) in [4.78, 5) is 11.3. The van der Waals surface area contributed by atoms with Crippen LogP contribution >= 0.6 is 11.6 Å². The molecule has 88 valence electrons. The van der Waals surface area contributed by atoms with Crippen LogP contribution in [0.25, 0.3) is 0 Å². The molecule has 0 radical (unpaired) electrons. The second kappa shape index (κ2) is 4.63. The zero-order chi connectivity index (χ0) is 12.3. The van der Waals surface area contributed by atoms with E-state index in [1.165, 1.54) is 6.92 Å². The van der Waals surface area contributed by atoms with Gasteiger partial charge in [-0.3, -0.25) is 4.79 Å². The van der Waals surface area contributed by atoms with Crippen molar-refractivity contribution in [2.45, 2.75) is 12.6 Å². The highest BCUT2D eigenvalue weighted by molar-refractivity contribution is 6.31. The molecule has 1 aliphatic rings. The molecule has 0 saturated heterocycles. The van der Waals surface area contributed by atoms with Gasteiger partial charge in [-0.15, -0.1) is 0 Å². The van der Waals surface area contributed by atoms with Crippen LogP contribution in [0, 0.1) is 0 Å². The molecule has 0 bridgehead atoms. The Balaban J connectivity index is 2.47. The summed E-state index contributed by atoms with van der Waals surface area (Å²) in [6.07, 6.45) is 7.38. The summed E-state index contributed by atoms with van der Waals surface area (Å²) in [5, 5.41) is 6.62. The molecule has 0 spiro atoms. The number of halogens is 1. The van der Waals surface area contributed by atoms with Gasteiger partial charge < -0.3 is 10.6 Å². The van der Waals surface area contributed by atoms with Crippen LogP contribution in [0.2, 0.25) is 5.02 Å². The molecule has 3 nitrogen and oxygen atoms in total. The van der Waals surface area contributed by atoms with E-state index >= 15 is 0 Å². The van der Waals surface area contributed by atoms with Crippen molar-refractivity contribution in [3.63, 3.8) is 0 Å². The molecular weight excluding hydrogens is 236 g/mol. The van der Waals surface area contributed by atoms with Crippen molar-refractivity contribution >= 4 is 17.5 Å². The van der Waals surface area contributed by atoms with E-state index < -0.39 is 5.66 Å². The van der Waals surface area contributed by atoms with Crippen molar-refractivity contribution in [1.29, 1.82) is 0 Å². The maximum absolute atomic E-state index is 11.3. The van der Waals surface area contributed by atoms with Gasteiger partial charge in [-0.1, -0.05) is 35.9 Å². The van der Waals surface area contributed by atoms with Crippen molar-refractivity contribution in [3.05, 3.63) is 59.3 Å². The largest absolute Gasteiger partial charge is 0.362 e. The summed E-state index contributed by atoms with van der Waals surface area (Å²) >= 11 is 6.18. The SMILES string of the molecule is CC(=O)NC1(c2ccccc2Cl)C=CC=CN1. The van der Waals surface area contributed by atoms with Gasteiger partial charge >= 0.3 is 0 Å². The van der Waals surface area contributed by atoms with E-state index in [1.54, 1.807) is 12.3 Å². The molecule has 2 N–H and O–H groups in total. The fourth-order valence-electron chi connectivity index (χ4n) is 1.85. The van der Waals surface area contributed by atoms with Crippen molar-refractivity contribution in [2.75, 3.05) is 0 Å². The Bertz CT molecular complexity index is 496. The van der Waals surface area contributed by atoms with Crippen molar-refractivity contribution < 1.29 is 4.79 Å². The number of rotatable bonds is 2. The van der Waals surface area contributed by atoms with Crippen molar-refractivity contribution in [2.24, 2.45) is 0 Å². The fourth-order valence-corrected chi connectivity index (χ4v) is 2.14. The number of allylic oxidation sites excluding steroid dienone is 2. The first-order valence-corrected chi connectivity index (χ1v) is 5.68. The second-order valence-electron chi connectivity index (χ2n) is 3.83. The van der Waals surface area contributed by atoms with Gasteiger partial charge in [0.15, 0.2) is 5.66 Å². The van der Waals surface area contributed by atoms with Gasteiger partial charge in [-0.25, -0.2) is 0 Å². The van der Waals surface area contributed by atoms with Crippen LogP contribution in [-0.2, 0) is 10.5 Å².